The Morgan fingerprint density at radius 3 is 1.72 bits per heavy atom. The highest BCUT2D eigenvalue weighted by Crippen LogP contribution is 2.39. The molecule has 0 saturated heterocycles. The molecule has 0 N–H and O–H groups in total. The number of halogens is 2. The summed E-state index contributed by atoms with van der Waals surface area (Å²) >= 11 is 12.5. The average molecular weight is 299 g/mol. The van der Waals surface area contributed by atoms with Crippen LogP contribution in [-0.4, -0.2) is 6.61 Å². The minimum Gasteiger partial charge on any atom is -0.350 e. The second-order valence-electron chi connectivity index (χ2n) is 3.61. The van der Waals surface area contributed by atoms with E-state index in [9.17, 15) is 0 Å². The number of hydrogen-bond donors (Lipinski definition) is 0. The van der Waals surface area contributed by atoms with Gasteiger partial charge in [-0.25, -0.2) is 0 Å². The number of rotatable bonds is 4. The first-order valence-electron chi connectivity index (χ1n) is 5.66. The molecule has 0 bridgehead atoms. The standard InChI is InChI=1S/C14H13Cl2OP/c1-2-17-18(13-9-5-3-7-11(13)15)14-10-6-4-8-12(14)16/h3-10H,2H2,1H3. The molecule has 1 nitrogen and oxygen atoms in total. The third-order valence-electron chi connectivity index (χ3n) is 2.40. The quantitative estimate of drug-likeness (QED) is 0.761. The molecule has 0 saturated carbocycles. The van der Waals surface area contributed by atoms with E-state index in [2.05, 4.69) is 0 Å². The number of benzene rings is 2. The third kappa shape index (κ3) is 3.05. The maximum Gasteiger partial charge on any atom is 0.0947 e. The first-order chi connectivity index (χ1) is 8.74. The lowest BCUT2D eigenvalue weighted by Crippen LogP contribution is -2.15. The highest BCUT2D eigenvalue weighted by Gasteiger charge is 2.19. The smallest absolute Gasteiger partial charge is 0.0947 e. The average Bonchev–Trinajstić information content (AvgIpc) is 2.38. The zero-order valence-corrected chi connectivity index (χ0v) is 12.3. The molecular weight excluding hydrogens is 286 g/mol. The Balaban J connectivity index is 2.47. The maximum absolute atomic E-state index is 6.25. The van der Waals surface area contributed by atoms with Gasteiger partial charge in [0.05, 0.1) is 18.2 Å². The molecule has 0 aliphatic carbocycles. The Bertz CT molecular complexity index is 485. The fourth-order valence-corrected chi connectivity index (χ4v) is 4.14. The lowest BCUT2D eigenvalue weighted by molar-refractivity contribution is 0.388. The Labute approximate surface area is 119 Å². The van der Waals surface area contributed by atoms with Crippen LogP contribution in [0.25, 0.3) is 0 Å². The second-order valence-corrected chi connectivity index (χ2v) is 6.24. The largest absolute Gasteiger partial charge is 0.350 e. The summed E-state index contributed by atoms with van der Waals surface area (Å²) in [5.74, 6) is 0. The van der Waals surface area contributed by atoms with Crippen LogP contribution in [0.2, 0.25) is 10.0 Å². The van der Waals surface area contributed by atoms with Gasteiger partial charge < -0.3 is 4.52 Å². The molecule has 0 radical (unpaired) electrons. The van der Waals surface area contributed by atoms with E-state index in [1.54, 1.807) is 0 Å². The molecule has 2 rings (SSSR count). The van der Waals surface area contributed by atoms with Gasteiger partial charge in [-0.1, -0.05) is 59.6 Å². The van der Waals surface area contributed by atoms with Crippen molar-refractivity contribution in [2.75, 3.05) is 6.61 Å². The van der Waals surface area contributed by atoms with Crippen LogP contribution in [0, 0.1) is 0 Å². The van der Waals surface area contributed by atoms with Crippen molar-refractivity contribution in [3.63, 3.8) is 0 Å². The predicted octanol–water partition coefficient (Wildman–Crippen LogP) is 4.38. The van der Waals surface area contributed by atoms with E-state index >= 15 is 0 Å². The summed E-state index contributed by atoms with van der Waals surface area (Å²) in [6.45, 7) is 2.60. The number of hydrogen-bond acceptors (Lipinski definition) is 1. The van der Waals surface area contributed by atoms with Gasteiger partial charge in [0, 0.05) is 17.2 Å². The van der Waals surface area contributed by atoms with Crippen molar-refractivity contribution < 1.29 is 4.52 Å². The van der Waals surface area contributed by atoms with Crippen LogP contribution in [-0.2, 0) is 4.52 Å². The molecule has 0 aliphatic rings. The van der Waals surface area contributed by atoms with Crippen LogP contribution in [0.5, 0.6) is 0 Å². The van der Waals surface area contributed by atoms with Gasteiger partial charge in [0.2, 0.25) is 0 Å². The molecular formula is C14H13Cl2OP. The zero-order valence-electron chi connectivity index (χ0n) is 9.94. The van der Waals surface area contributed by atoms with Crippen molar-refractivity contribution in [1.82, 2.24) is 0 Å². The first kappa shape index (κ1) is 13.8. The van der Waals surface area contributed by atoms with E-state index in [0.717, 1.165) is 20.7 Å². The van der Waals surface area contributed by atoms with Crippen LogP contribution in [0.3, 0.4) is 0 Å². The molecule has 0 heterocycles. The van der Waals surface area contributed by atoms with Crippen LogP contribution in [0.4, 0.5) is 0 Å². The summed E-state index contributed by atoms with van der Waals surface area (Å²) in [6, 6.07) is 15.5. The van der Waals surface area contributed by atoms with Gasteiger partial charge in [0.15, 0.2) is 0 Å². The minimum absolute atomic E-state index is 0.627. The van der Waals surface area contributed by atoms with Crippen molar-refractivity contribution >= 4 is 42.0 Å². The van der Waals surface area contributed by atoms with E-state index in [4.69, 9.17) is 27.7 Å². The Morgan fingerprint density at radius 1 is 0.889 bits per heavy atom. The van der Waals surface area contributed by atoms with Crippen LogP contribution < -0.4 is 10.6 Å². The summed E-state index contributed by atoms with van der Waals surface area (Å²) in [6.07, 6.45) is 0. The SMILES string of the molecule is CCOP(c1ccccc1Cl)c1ccccc1Cl. The Kier molecular flexibility index (Phi) is 5.03. The van der Waals surface area contributed by atoms with E-state index in [0.29, 0.717) is 6.61 Å². The van der Waals surface area contributed by atoms with Gasteiger partial charge in [-0.3, -0.25) is 0 Å². The van der Waals surface area contributed by atoms with Crippen LogP contribution in [0.1, 0.15) is 6.92 Å². The fourth-order valence-electron chi connectivity index (χ4n) is 1.63. The van der Waals surface area contributed by atoms with Gasteiger partial charge in [0.1, 0.15) is 0 Å². The molecule has 0 unspecified atom stereocenters. The van der Waals surface area contributed by atoms with Crippen LogP contribution in [0.15, 0.2) is 48.5 Å². The molecule has 2 aromatic carbocycles. The van der Waals surface area contributed by atoms with Crippen molar-refractivity contribution in [3.8, 4) is 0 Å². The van der Waals surface area contributed by atoms with Crippen molar-refractivity contribution in [2.45, 2.75) is 6.92 Å². The molecule has 0 atom stereocenters. The topological polar surface area (TPSA) is 9.23 Å². The van der Waals surface area contributed by atoms with Gasteiger partial charge >= 0.3 is 0 Å². The lowest BCUT2D eigenvalue weighted by atomic mass is 10.4. The van der Waals surface area contributed by atoms with Crippen molar-refractivity contribution in [2.24, 2.45) is 0 Å². The molecule has 0 aromatic heterocycles. The maximum atomic E-state index is 6.25. The molecule has 94 valence electrons. The highest BCUT2D eigenvalue weighted by molar-refractivity contribution is 7.69. The molecule has 0 aliphatic heterocycles. The van der Waals surface area contributed by atoms with Gasteiger partial charge in [-0.15, -0.1) is 0 Å². The summed E-state index contributed by atoms with van der Waals surface area (Å²) in [5, 5.41) is 3.45. The molecule has 0 fully saturated rings. The Hall–Kier alpha value is -0.590. The second kappa shape index (κ2) is 6.54. The minimum atomic E-state index is -0.957. The van der Waals surface area contributed by atoms with Crippen molar-refractivity contribution in [1.29, 1.82) is 0 Å². The van der Waals surface area contributed by atoms with Crippen molar-refractivity contribution in [3.05, 3.63) is 58.6 Å². The van der Waals surface area contributed by atoms with Gasteiger partial charge in [0.25, 0.3) is 0 Å². The van der Waals surface area contributed by atoms with E-state index in [-0.39, 0.29) is 0 Å². The fraction of sp³-hybridized carbons (Fsp3) is 0.143. The summed E-state index contributed by atoms with van der Waals surface area (Å²) in [4.78, 5) is 0. The molecule has 18 heavy (non-hydrogen) atoms. The van der Waals surface area contributed by atoms with Crippen LogP contribution >= 0.6 is 31.4 Å². The first-order valence-corrected chi connectivity index (χ1v) is 7.67. The molecule has 2 aromatic rings. The van der Waals surface area contributed by atoms with E-state index in [1.165, 1.54) is 0 Å². The summed E-state index contributed by atoms with van der Waals surface area (Å²) in [5.41, 5.74) is 0. The van der Waals surface area contributed by atoms with E-state index in [1.807, 2.05) is 55.5 Å². The lowest BCUT2D eigenvalue weighted by Gasteiger charge is -2.19. The van der Waals surface area contributed by atoms with Gasteiger partial charge in [-0.05, 0) is 19.1 Å². The van der Waals surface area contributed by atoms with E-state index < -0.39 is 8.15 Å². The monoisotopic (exact) mass is 298 g/mol. The predicted molar refractivity (Wildman–Crippen MR) is 80.7 cm³/mol. The highest BCUT2D eigenvalue weighted by atomic mass is 35.5. The Morgan fingerprint density at radius 2 is 1.33 bits per heavy atom. The molecule has 0 amide bonds. The normalized spacial score (nSPS) is 10.9. The van der Waals surface area contributed by atoms with Gasteiger partial charge in [-0.2, -0.15) is 0 Å². The molecule has 4 heteroatoms. The third-order valence-corrected chi connectivity index (χ3v) is 5.49. The summed E-state index contributed by atoms with van der Waals surface area (Å²) < 4.78 is 5.87. The summed E-state index contributed by atoms with van der Waals surface area (Å²) in [7, 11) is -0.957. The molecule has 0 spiro atoms. The zero-order chi connectivity index (χ0) is 13.0.